The molecule has 30 heavy (non-hydrogen) atoms. The van der Waals surface area contributed by atoms with Crippen LogP contribution in [0.1, 0.15) is 51.6 Å². The molecule has 4 rings (SSSR count). The molecule has 1 aliphatic carbocycles. The van der Waals surface area contributed by atoms with Crippen molar-refractivity contribution in [2.24, 2.45) is 0 Å². The maximum absolute atomic E-state index is 13.9. The number of rotatable bonds is 5. The molecule has 0 saturated heterocycles. The van der Waals surface area contributed by atoms with E-state index in [0.717, 1.165) is 12.8 Å². The second-order valence-electron chi connectivity index (χ2n) is 7.46. The second-order valence-corrected chi connectivity index (χ2v) is 7.46. The van der Waals surface area contributed by atoms with E-state index in [1.165, 1.54) is 38.2 Å². The van der Waals surface area contributed by atoms with Crippen LogP contribution in [-0.4, -0.2) is 31.3 Å². The minimum absolute atomic E-state index is 0.0843. The monoisotopic (exact) mass is 414 g/mol. The van der Waals surface area contributed by atoms with Gasteiger partial charge in [-0.25, -0.2) is 23.5 Å². The van der Waals surface area contributed by atoms with E-state index in [0.29, 0.717) is 12.8 Å². The maximum atomic E-state index is 13.9. The maximum Gasteiger partial charge on any atom is 0.337 e. The molecule has 1 atom stereocenters. The molecular formula is C21H23FN4O4. The Labute approximate surface area is 171 Å². The van der Waals surface area contributed by atoms with Gasteiger partial charge >= 0.3 is 11.7 Å². The van der Waals surface area contributed by atoms with Crippen molar-refractivity contribution in [3.63, 3.8) is 0 Å². The van der Waals surface area contributed by atoms with Crippen molar-refractivity contribution in [1.82, 2.24) is 18.7 Å². The molecule has 0 unspecified atom stereocenters. The predicted octanol–water partition coefficient (Wildman–Crippen LogP) is 2.73. The summed E-state index contributed by atoms with van der Waals surface area (Å²) < 4.78 is 22.9. The highest BCUT2D eigenvalue weighted by atomic mass is 19.1. The Kier molecular flexibility index (Phi) is 5.27. The number of halogens is 1. The van der Waals surface area contributed by atoms with E-state index >= 15 is 0 Å². The minimum atomic E-state index is -0.807. The van der Waals surface area contributed by atoms with Crippen molar-refractivity contribution in [3.05, 3.63) is 57.2 Å². The summed E-state index contributed by atoms with van der Waals surface area (Å²) in [5.41, 5.74) is -0.583. The van der Waals surface area contributed by atoms with Gasteiger partial charge < -0.3 is 9.30 Å². The molecule has 2 aromatic heterocycles. The fourth-order valence-corrected chi connectivity index (χ4v) is 4.12. The van der Waals surface area contributed by atoms with Crippen LogP contribution in [0.2, 0.25) is 0 Å². The lowest BCUT2D eigenvalue weighted by Crippen LogP contribution is -2.42. The van der Waals surface area contributed by atoms with Crippen LogP contribution in [-0.2, 0) is 9.53 Å². The highest BCUT2D eigenvalue weighted by Crippen LogP contribution is 2.28. The van der Waals surface area contributed by atoms with Gasteiger partial charge in [0.15, 0.2) is 11.2 Å². The van der Waals surface area contributed by atoms with Crippen LogP contribution in [0.15, 0.2) is 40.2 Å². The van der Waals surface area contributed by atoms with Crippen LogP contribution in [0.4, 0.5) is 4.39 Å². The molecule has 0 spiro atoms. The Hall–Kier alpha value is -3.23. The minimum Gasteiger partial charge on any atom is -0.464 e. The SMILES string of the molecule is CCOC(=O)[C@@H](C)n1cnc2c1c(=O)n(C1CCCC1)c(=O)n2-c1cccc(F)c1. The quantitative estimate of drug-likeness (QED) is 0.599. The van der Waals surface area contributed by atoms with Gasteiger partial charge in [-0.1, -0.05) is 18.9 Å². The highest BCUT2D eigenvalue weighted by Gasteiger charge is 2.28. The van der Waals surface area contributed by atoms with Gasteiger partial charge in [-0.05, 0) is 44.9 Å². The zero-order valence-corrected chi connectivity index (χ0v) is 16.9. The number of fused-ring (bicyclic) bond motifs is 1. The number of hydrogen-bond donors (Lipinski definition) is 0. The van der Waals surface area contributed by atoms with Crippen LogP contribution in [0.3, 0.4) is 0 Å². The van der Waals surface area contributed by atoms with Crippen LogP contribution >= 0.6 is 0 Å². The van der Waals surface area contributed by atoms with Crippen molar-refractivity contribution in [3.8, 4) is 5.69 Å². The van der Waals surface area contributed by atoms with E-state index in [1.807, 2.05) is 0 Å². The van der Waals surface area contributed by atoms with Crippen molar-refractivity contribution >= 4 is 17.1 Å². The molecule has 0 N–H and O–H groups in total. The molecule has 0 bridgehead atoms. The summed E-state index contributed by atoms with van der Waals surface area (Å²) in [4.78, 5) is 43.4. The Morgan fingerprint density at radius 2 is 2.03 bits per heavy atom. The number of imidazole rings is 1. The zero-order chi connectivity index (χ0) is 21.4. The molecule has 9 heteroatoms. The van der Waals surface area contributed by atoms with E-state index in [1.54, 1.807) is 19.9 Å². The zero-order valence-electron chi connectivity index (χ0n) is 16.9. The van der Waals surface area contributed by atoms with Crippen LogP contribution in [0, 0.1) is 5.82 Å². The van der Waals surface area contributed by atoms with Gasteiger partial charge in [-0.2, -0.15) is 0 Å². The Bertz CT molecular complexity index is 1220. The second kappa shape index (κ2) is 7.89. The molecular weight excluding hydrogens is 391 g/mol. The summed E-state index contributed by atoms with van der Waals surface area (Å²) in [6.07, 6.45) is 4.62. The smallest absolute Gasteiger partial charge is 0.337 e. The molecule has 0 aliphatic heterocycles. The van der Waals surface area contributed by atoms with Gasteiger partial charge in [0.2, 0.25) is 0 Å². The summed E-state index contributed by atoms with van der Waals surface area (Å²) in [6.45, 7) is 3.51. The fraction of sp³-hybridized carbons (Fsp3) is 0.429. The lowest BCUT2D eigenvalue weighted by molar-refractivity contribution is -0.146. The molecule has 2 heterocycles. The number of hydrogen-bond acceptors (Lipinski definition) is 5. The normalized spacial score (nSPS) is 15.6. The number of carbonyl (C=O) groups excluding carboxylic acids is 1. The summed E-state index contributed by atoms with van der Waals surface area (Å²) in [6, 6.07) is 4.53. The standard InChI is InChI=1S/C21H23FN4O4/c1-3-30-20(28)13(2)24-12-23-18-17(24)19(27)26(15-8-4-5-9-15)21(29)25(18)16-10-6-7-14(22)11-16/h6-7,10-13,15H,3-5,8-9H2,1-2H3/t13-/m1/s1. The topological polar surface area (TPSA) is 88.1 Å². The van der Waals surface area contributed by atoms with E-state index in [4.69, 9.17) is 4.74 Å². The molecule has 0 radical (unpaired) electrons. The van der Waals surface area contributed by atoms with Crippen molar-refractivity contribution in [2.75, 3.05) is 6.61 Å². The van der Waals surface area contributed by atoms with E-state index in [9.17, 15) is 18.8 Å². The van der Waals surface area contributed by atoms with Crippen LogP contribution in [0.5, 0.6) is 0 Å². The lowest BCUT2D eigenvalue weighted by Gasteiger charge is -2.18. The lowest BCUT2D eigenvalue weighted by atomic mass is 10.2. The fourth-order valence-electron chi connectivity index (χ4n) is 4.12. The van der Waals surface area contributed by atoms with Crippen LogP contribution in [0.25, 0.3) is 16.9 Å². The third-order valence-corrected chi connectivity index (χ3v) is 5.61. The summed E-state index contributed by atoms with van der Waals surface area (Å²) in [5, 5.41) is 0. The van der Waals surface area contributed by atoms with E-state index in [-0.39, 0.29) is 29.5 Å². The van der Waals surface area contributed by atoms with Crippen molar-refractivity contribution in [1.29, 1.82) is 0 Å². The van der Waals surface area contributed by atoms with Gasteiger partial charge in [-0.15, -0.1) is 0 Å². The van der Waals surface area contributed by atoms with Gasteiger partial charge in [0.05, 0.1) is 18.6 Å². The molecule has 1 aliphatic rings. The third-order valence-electron chi connectivity index (χ3n) is 5.61. The van der Waals surface area contributed by atoms with Crippen molar-refractivity contribution < 1.29 is 13.9 Å². The molecule has 8 nitrogen and oxygen atoms in total. The number of benzene rings is 1. The number of ether oxygens (including phenoxy) is 1. The third kappa shape index (κ3) is 3.24. The molecule has 1 saturated carbocycles. The van der Waals surface area contributed by atoms with Gasteiger partial charge in [0.25, 0.3) is 5.56 Å². The molecule has 0 amide bonds. The number of carbonyl (C=O) groups is 1. The summed E-state index contributed by atoms with van der Waals surface area (Å²) in [5.74, 6) is -1.02. The molecule has 3 aromatic rings. The first-order valence-electron chi connectivity index (χ1n) is 10.1. The number of esters is 1. The van der Waals surface area contributed by atoms with Gasteiger partial charge in [-0.3, -0.25) is 9.36 Å². The number of aromatic nitrogens is 4. The largest absolute Gasteiger partial charge is 0.464 e. The van der Waals surface area contributed by atoms with E-state index in [2.05, 4.69) is 4.98 Å². The predicted molar refractivity (Wildman–Crippen MR) is 108 cm³/mol. The van der Waals surface area contributed by atoms with Gasteiger partial charge in [0.1, 0.15) is 11.9 Å². The van der Waals surface area contributed by atoms with E-state index < -0.39 is 29.1 Å². The Morgan fingerprint density at radius 1 is 1.30 bits per heavy atom. The Balaban J connectivity index is 2.04. The average Bonchev–Trinajstić information content (AvgIpc) is 3.38. The first-order valence-corrected chi connectivity index (χ1v) is 10.1. The highest BCUT2D eigenvalue weighted by molar-refractivity contribution is 5.79. The van der Waals surface area contributed by atoms with Crippen molar-refractivity contribution in [2.45, 2.75) is 51.6 Å². The first-order chi connectivity index (χ1) is 14.4. The molecule has 158 valence electrons. The first kappa shape index (κ1) is 20.1. The van der Waals surface area contributed by atoms with Gasteiger partial charge in [0, 0.05) is 6.04 Å². The Morgan fingerprint density at radius 3 is 2.70 bits per heavy atom. The summed E-state index contributed by atoms with van der Waals surface area (Å²) in [7, 11) is 0. The number of nitrogens with zero attached hydrogens (tertiary/aromatic N) is 4. The summed E-state index contributed by atoms with van der Waals surface area (Å²) >= 11 is 0. The molecule has 1 fully saturated rings. The van der Waals surface area contributed by atoms with Crippen LogP contribution < -0.4 is 11.2 Å². The average molecular weight is 414 g/mol. The molecule has 1 aromatic carbocycles.